The lowest BCUT2D eigenvalue weighted by Crippen LogP contribution is -2.42. The van der Waals surface area contributed by atoms with Crippen molar-refractivity contribution < 1.29 is 9.59 Å². The van der Waals surface area contributed by atoms with Gasteiger partial charge in [0.2, 0.25) is 5.91 Å². The fourth-order valence-corrected chi connectivity index (χ4v) is 2.92. The minimum atomic E-state index is -0.203. The van der Waals surface area contributed by atoms with Crippen LogP contribution in [0.2, 0.25) is 0 Å². The van der Waals surface area contributed by atoms with E-state index in [1.54, 1.807) is 0 Å². The van der Waals surface area contributed by atoms with Crippen LogP contribution in [0.4, 0.5) is 0 Å². The summed E-state index contributed by atoms with van der Waals surface area (Å²) in [5, 5.41) is 2.86. The molecule has 0 heterocycles. The first kappa shape index (κ1) is 15.2. The topological polar surface area (TPSA) is 46.2 Å². The number of Topliss-reactive ketones (excluding diaryl/α,β-unsaturated/α-hetero) is 1. The predicted octanol–water partition coefficient (Wildman–Crippen LogP) is 2.93. The van der Waals surface area contributed by atoms with Crippen molar-refractivity contribution in [3.05, 3.63) is 0 Å². The molecule has 3 heteroatoms. The molecule has 1 N–H and O–H groups in total. The summed E-state index contributed by atoms with van der Waals surface area (Å²) in [6.07, 6.45) is 5.17. The third kappa shape index (κ3) is 3.82. The van der Waals surface area contributed by atoms with Crippen LogP contribution in [-0.2, 0) is 9.59 Å². The van der Waals surface area contributed by atoms with Crippen LogP contribution in [0.3, 0.4) is 0 Å². The Bertz CT molecular complexity index is 302. The van der Waals surface area contributed by atoms with Crippen molar-refractivity contribution in [3.8, 4) is 0 Å². The van der Waals surface area contributed by atoms with Crippen LogP contribution in [0, 0.1) is 17.3 Å². The van der Waals surface area contributed by atoms with Gasteiger partial charge in [-0.25, -0.2) is 0 Å². The van der Waals surface area contributed by atoms with Crippen LogP contribution in [0.15, 0.2) is 0 Å². The molecule has 0 atom stereocenters. The number of carbonyl (C=O) groups is 2. The number of rotatable bonds is 6. The van der Waals surface area contributed by atoms with E-state index in [9.17, 15) is 9.59 Å². The minimum absolute atomic E-state index is 0.00470. The maximum atomic E-state index is 12.4. The monoisotopic (exact) mass is 253 g/mol. The molecule has 0 aromatic rings. The summed E-state index contributed by atoms with van der Waals surface area (Å²) in [5.74, 6) is 0.730. The molecule has 1 amide bonds. The van der Waals surface area contributed by atoms with Crippen LogP contribution in [0.25, 0.3) is 0 Å². The smallest absolute Gasteiger partial charge is 0.226 e. The van der Waals surface area contributed by atoms with E-state index in [1.165, 1.54) is 0 Å². The molecule has 1 fully saturated rings. The molecule has 18 heavy (non-hydrogen) atoms. The summed E-state index contributed by atoms with van der Waals surface area (Å²) in [5.41, 5.74) is -0.203. The summed E-state index contributed by atoms with van der Waals surface area (Å²) in [6.45, 7) is 8.25. The normalized spacial score (nSPS) is 18.3. The standard InChI is InChI=1S/C15H27NO2/c1-11(2)9-15(7-5-6-8-15)14(18)16-10-13(17)12(3)4/h11-12H,5-10H2,1-4H3,(H,16,18). The first-order valence-corrected chi connectivity index (χ1v) is 7.18. The van der Waals surface area contributed by atoms with Gasteiger partial charge in [0.25, 0.3) is 0 Å². The number of carbonyl (C=O) groups excluding carboxylic acids is 2. The Kier molecular flexibility index (Phi) is 5.36. The summed E-state index contributed by atoms with van der Waals surface area (Å²) < 4.78 is 0. The van der Waals surface area contributed by atoms with E-state index in [0.29, 0.717) is 5.92 Å². The largest absolute Gasteiger partial charge is 0.349 e. The number of nitrogens with one attached hydrogen (secondary N) is 1. The van der Waals surface area contributed by atoms with E-state index in [1.807, 2.05) is 13.8 Å². The second-order valence-corrected chi connectivity index (χ2v) is 6.39. The number of ketones is 1. The lowest BCUT2D eigenvalue weighted by molar-refractivity contribution is -0.134. The fraction of sp³-hybridized carbons (Fsp3) is 0.867. The summed E-state index contributed by atoms with van der Waals surface area (Å²) in [4.78, 5) is 23.9. The Morgan fingerprint density at radius 1 is 1.11 bits per heavy atom. The molecule has 0 aromatic carbocycles. The van der Waals surface area contributed by atoms with E-state index < -0.39 is 0 Å². The highest BCUT2D eigenvalue weighted by atomic mass is 16.2. The second kappa shape index (κ2) is 6.35. The van der Waals surface area contributed by atoms with Crippen molar-refractivity contribution in [3.63, 3.8) is 0 Å². The van der Waals surface area contributed by atoms with Crippen molar-refractivity contribution in [2.45, 2.75) is 59.8 Å². The Morgan fingerprint density at radius 2 is 1.67 bits per heavy atom. The Balaban J connectivity index is 2.58. The SMILES string of the molecule is CC(C)CC1(C(=O)NCC(=O)C(C)C)CCCC1. The number of hydrogen-bond donors (Lipinski definition) is 1. The molecule has 3 nitrogen and oxygen atoms in total. The zero-order chi connectivity index (χ0) is 13.8. The highest BCUT2D eigenvalue weighted by Gasteiger charge is 2.41. The molecular weight excluding hydrogens is 226 g/mol. The van der Waals surface area contributed by atoms with Crippen molar-refractivity contribution in [2.24, 2.45) is 17.3 Å². The highest BCUT2D eigenvalue weighted by Crippen LogP contribution is 2.43. The van der Waals surface area contributed by atoms with E-state index in [2.05, 4.69) is 19.2 Å². The summed E-state index contributed by atoms with van der Waals surface area (Å²) >= 11 is 0. The van der Waals surface area contributed by atoms with Crippen LogP contribution in [0.5, 0.6) is 0 Å². The van der Waals surface area contributed by atoms with Gasteiger partial charge in [-0.1, -0.05) is 40.5 Å². The maximum absolute atomic E-state index is 12.4. The average molecular weight is 253 g/mol. The van der Waals surface area contributed by atoms with Crippen LogP contribution < -0.4 is 5.32 Å². The van der Waals surface area contributed by atoms with Crippen molar-refractivity contribution in [1.29, 1.82) is 0 Å². The quantitative estimate of drug-likeness (QED) is 0.791. The van der Waals surface area contributed by atoms with E-state index in [-0.39, 0.29) is 29.6 Å². The molecule has 0 aliphatic heterocycles. The number of hydrogen-bond acceptors (Lipinski definition) is 2. The maximum Gasteiger partial charge on any atom is 0.226 e. The lowest BCUT2D eigenvalue weighted by Gasteiger charge is -2.29. The van der Waals surface area contributed by atoms with Gasteiger partial charge in [0.1, 0.15) is 0 Å². The molecule has 0 saturated heterocycles. The third-order valence-corrected chi connectivity index (χ3v) is 3.91. The van der Waals surface area contributed by atoms with E-state index in [0.717, 1.165) is 32.1 Å². The third-order valence-electron chi connectivity index (χ3n) is 3.91. The van der Waals surface area contributed by atoms with E-state index >= 15 is 0 Å². The first-order chi connectivity index (χ1) is 8.37. The van der Waals surface area contributed by atoms with Gasteiger partial charge in [0, 0.05) is 11.3 Å². The molecular formula is C15H27NO2. The van der Waals surface area contributed by atoms with Crippen LogP contribution in [0.1, 0.15) is 59.8 Å². The van der Waals surface area contributed by atoms with Crippen LogP contribution >= 0.6 is 0 Å². The molecule has 0 radical (unpaired) electrons. The van der Waals surface area contributed by atoms with Crippen molar-refractivity contribution in [2.75, 3.05) is 6.54 Å². The van der Waals surface area contributed by atoms with Gasteiger partial charge in [0.15, 0.2) is 5.78 Å². The van der Waals surface area contributed by atoms with Gasteiger partial charge in [-0.2, -0.15) is 0 Å². The van der Waals surface area contributed by atoms with Gasteiger partial charge < -0.3 is 5.32 Å². The summed E-state index contributed by atoms with van der Waals surface area (Å²) in [6, 6.07) is 0. The predicted molar refractivity (Wildman–Crippen MR) is 73.2 cm³/mol. The van der Waals surface area contributed by atoms with Gasteiger partial charge in [-0.05, 0) is 25.2 Å². The summed E-state index contributed by atoms with van der Waals surface area (Å²) in [7, 11) is 0. The van der Waals surface area contributed by atoms with Crippen molar-refractivity contribution in [1.82, 2.24) is 5.32 Å². The molecule has 1 aliphatic carbocycles. The highest BCUT2D eigenvalue weighted by molar-refractivity contribution is 5.89. The lowest BCUT2D eigenvalue weighted by atomic mass is 9.77. The first-order valence-electron chi connectivity index (χ1n) is 7.18. The van der Waals surface area contributed by atoms with Gasteiger partial charge >= 0.3 is 0 Å². The molecule has 1 aliphatic rings. The zero-order valence-electron chi connectivity index (χ0n) is 12.2. The number of amides is 1. The molecule has 1 rings (SSSR count). The molecule has 0 bridgehead atoms. The molecule has 1 saturated carbocycles. The van der Waals surface area contributed by atoms with E-state index in [4.69, 9.17) is 0 Å². The van der Waals surface area contributed by atoms with Crippen LogP contribution in [-0.4, -0.2) is 18.2 Å². The van der Waals surface area contributed by atoms with Crippen molar-refractivity contribution >= 4 is 11.7 Å². The Hall–Kier alpha value is -0.860. The van der Waals surface area contributed by atoms with Gasteiger partial charge in [-0.15, -0.1) is 0 Å². The molecule has 104 valence electrons. The Labute approximate surface area is 111 Å². The molecule has 0 spiro atoms. The molecule has 0 unspecified atom stereocenters. The van der Waals surface area contributed by atoms with Gasteiger partial charge in [-0.3, -0.25) is 9.59 Å². The molecule has 0 aromatic heterocycles. The Morgan fingerprint density at radius 3 is 2.11 bits per heavy atom. The second-order valence-electron chi connectivity index (χ2n) is 6.39. The zero-order valence-corrected chi connectivity index (χ0v) is 12.2. The average Bonchev–Trinajstić information content (AvgIpc) is 2.73. The minimum Gasteiger partial charge on any atom is -0.349 e. The fourth-order valence-electron chi connectivity index (χ4n) is 2.92. The van der Waals surface area contributed by atoms with Gasteiger partial charge in [0.05, 0.1) is 6.54 Å².